The lowest BCUT2D eigenvalue weighted by molar-refractivity contribution is 1.18. The normalized spacial score (nSPS) is 11.8. The largest absolute Gasteiger partial charge is 0.245 e. The molecule has 0 radical (unpaired) electrons. The van der Waals surface area contributed by atoms with Crippen molar-refractivity contribution >= 4 is 32.6 Å². The van der Waals surface area contributed by atoms with Crippen molar-refractivity contribution in [1.82, 2.24) is 19.9 Å². The van der Waals surface area contributed by atoms with Crippen LogP contribution in [0.2, 0.25) is 0 Å². The number of benzene rings is 6. The molecule has 0 saturated heterocycles. The van der Waals surface area contributed by atoms with Gasteiger partial charge in [-0.2, -0.15) is 0 Å². The first-order chi connectivity index (χ1) is 23.8. The molecule has 3 heterocycles. The third-order valence-electron chi connectivity index (χ3n) is 9.54. The molecule has 1 aliphatic rings. The van der Waals surface area contributed by atoms with Crippen LogP contribution in [-0.4, -0.2) is 19.9 Å². The summed E-state index contributed by atoms with van der Waals surface area (Å²) in [5.41, 5.74) is 14.3. The Morgan fingerprint density at radius 3 is 1.65 bits per heavy atom. The molecule has 222 valence electrons. The van der Waals surface area contributed by atoms with Crippen LogP contribution in [0.5, 0.6) is 0 Å². The highest BCUT2D eigenvalue weighted by Crippen LogP contribution is 2.49. The summed E-state index contributed by atoms with van der Waals surface area (Å²) in [4.78, 5) is 19.2. The van der Waals surface area contributed by atoms with Crippen molar-refractivity contribution in [2.24, 2.45) is 0 Å². The Kier molecular flexibility index (Phi) is 5.84. The molecule has 4 heteroatoms. The summed E-state index contributed by atoms with van der Waals surface area (Å²) in [6, 6.07) is 51.5. The predicted molar refractivity (Wildman–Crippen MR) is 196 cm³/mol. The van der Waals surface area contributed by atoms with Crippen LogP contribution in [0.3, 0.4) is 0 Å². The average molecular weight is 611 g/mol. The van der Waals surface area contributed by atoms with Gasteiger partial charge in [0.05, 0.1) is 22.4 Å². The fourth-order valence-corrected chi connectivity index (χ4v) is 7.24. The molecule has 4 nitrogen and oxygen atoms in total. The van der Waals surface area contributed by atoms with Crippen LogP contribution >= 0.6 is 0 Å². The second kappa shape index (κ2) is 10.5. The number of fused-ring (bicyclic) bond motifs is 6. The van der Waals surface area contributed by atoms with Crippen LogP contribution in [0.4, 0.5) is 0 Å². The molecule has 0 spiro atoms. The molecule has 0 unspecified atom stereocenters. The maximum atomic E-state index is 5.20. The fourth-order valence-electron chi connectivity index (χ4n) is 7.24. The Balaban J connectivity index is 1.03. The van der Waals surface area contributed by atoms with E-state index in [9.17, 15) is 0 Å². The first-order valence-electron chi connectivity index (χ1n) is 16.1. The first-order valence-corrected chi connectivity index (χ1v) is 16.1. The Bertz CT molecular complexity index is 2690. The zero-order valence-electron chi connectivity index (χ0n) is 25.8. The van der Waals surface area contributed by atoms with Gasteiger partial charge in [0.1, 0.15) is 0 Å². The van der Waals surface area contributed by atoms with E-state index >= 15 is 0 Å². The van der Waals surface area contributed by atoms with Gasteiger partial charge in [-0.25, -0.2) is 19.9 Å². The van der Waals surface area contributed by atoms with Crippen LogP contribution in [-0.2, 0) is 0 Å². The second-order valence-electron chi connectivity index (χ2n) is 12.3. The molecule has 0 aliphatic heterocycles. The van der Waals surface area contributed by atoms with Crippen LogP contribution in [0.15, 0.2) is 158 Å². The van der Waals surface area contributed by atoms with Crippen molar-refractivity contribution in [1.29, 1.82) is 0 Å². The molecule has 48 heavy (non-hydrogen) atoms. The zero-order chi connectivity index (χ0) is 31.6. The van der Waals surface area contributed by atoms with Crippen LogP contribution in [0.1, 0.15) is 0 Å². The smallest absolute Gasteiger partial charge is 0.159 e. The van der Waals surface area contributed by atoms with Crippen molar-refractivity contribution < 1.29 is 0 Å². The van der Waals surface area contributed by atoms with E-state index in [2.05, 4.69) is 137 Å². The number of hydrogen-bond donors (Lipinski definition) is 0. The van der Waals surface area contributed by atoms with E-state index in [4.69, 9.17) is 9.97 Å². The van der Waals surface area contributed by atoms with Gasteiger partial charge in [0.15, 0.2) is 5.82 Å². The first kappa shape index (κ1) is 26.7. The van der Waals surface area contributed by atoms with Gasteiger partial charge in [-0.05, 0) is 68.4 Å². The van der Waals surface area contributed by atoms with Crippen molar-refractivity contribution in [3.63, 3.8) is 0 Å². The quantitative estimate of drug-likeness (QED) is 0.186. The van der Waals surface area contributed by atoms with E-state index < -0.39 is 0 Å². The Morgan fingerprint density at radius 2 is 0.917 bits per heavy atom. The number of aromatic nitrogens is 4. The molecule has 0 bridgehead atoms. The maximum absolute atomic E-state index is 5.20. The van der Waals surface area contributed by atoms with Crippen LogP contribution in [0, 0.1) is 0 Å². The molecule has 6 aromatic carbocycles. The Labute approximate surface area is 277 Å². The number of pyridine rings is 2. The number of rotatable bonds is 4. The highest BCUT2D eigenvalue weighted by Gasteiger charge is 2.22. The fraction of sp³-hybridized carbons (Fsp3) is 0. The lowest BCUT2D eigenvalue weighted by Gasteiger charge is -2.11. The molecule has 10 rings (SSSR count). The molecule has 3 aromatic heterocycles. The Hall–Kier alpha value is -6.52. The van der Waals surface area contributed by atoms with E-state index in [1.165, 1.54) is 44.2 Å². The third-order valence-corrected chi connectivity index (χ3v) is 9.54. The summed E-state index contributed by atoms with van der Waals surface area (Å²) in [6.45, 7) is 0. The SMILES string of the molecule is c1cnc(-c2cccc(-c3ccc4ccc5ccc(-c6ccc(-c7ccc8c9c(cccc79)-c7ccccc7-8)cc6)nc5c4n3)c2)nc1. The summed E-state index contributed by atoms with van der Waals surface area (Å²) in [5, 5.41) is 4.75. The van der Waals surface area contributed by atoms with Crippen LogP contribution in [0.25, 0.3) is 99.9 Å². The summed E-state index contributed by atoms with van der Waals surface area (Å²) in [7, 11) is 0. The number of hydrogen-bond acceptors (Lipinski definition) is 4. The molecule has 1 aliphatic carbocycles. The van der Waals surface area contributed by atoms with Gasteiger partial charge in [-0.15, -0.1) is 0 Å². The summed E-state index contributed by atoms with van der Waals surface area (Å²) < 4.78 is 0. The molecular weight excluding hydrogens is 585 g/mol. The maximum Gasteiger partial charge on any atom is 0.159 e. The molecule has 0 amide bonds. The molecule has 0 atom stereocenters. The highest BCUT2D eigenvalue weighted by molar-refractivity contribution is 6.18. The van der Waals surface area contributed by atoms with Crippen molar-refractivity contribution in [2.75, 3.05) is 0 Å². The predicted octanol–water partition coefficient (Wildman–Crippen LogP) is 11.0. The van der Waals surface area contributed by atoms with Gasteiger partial charge in [-0.1, -0.05) is 121 Å². The minimum Gasteiger partial charge on any atom is -0.245 e. The molecule has 0 saturated carbocycles. The van der Waals surface area contributed by atoms with E-state index in [1.807, 2.05) is 18.2 Å². The lowest BCUT2D eigenvalue weighted by Crippen LogP contribution is -1.92. The van der Waals surface area contributed by atoms with Gasteiger partial charge >= 0.3 is 0 Å². The van der Waals surface area contributed by atoms with E-state index in [-0.39, 0.29) is 0 Å². The van der Waals surface area contributed by atoms with Crippen molar-refractivity contribution in [2.45, 2.75) is 0 Å². The molecule has 0 fully saturated rings. The standard InChI is InChI=1S/C44H26N4/c1-2-9-35-34(8-1)37-11-4-10-36-33(20-21-38(35)41(36)37)27-12-14-28(15-13-27)39-22-18-29-16-17-30-19-23-40(48-43(30)42(29)47-39)31-6-3-7-32(26-31)44-45-24-5-25-46-44/h1-26H. The minimum absolute atomic E-state index is 0.696. The van der Waals surface area contributed by atoms with Gasteiger partial charge in [-0.3, -0.25) is 0 Å². The van der Waals surface area contributed by atoms with Crippen LogP contribution < -0.4 is 0 Å². The molecular formula is C44H26N4. The Morgan fingerprint density at radius 1 is 0.354 bits per heavy atom. The average Bonchev–Trinajstić information content (AvgIpc) is 3.50. The summed E-state index contributed by atoms with van der Waals surface area (Å²) in [5.74, 6) is 0.696. The van der Waals surface area contributed by atoms with E-state index in [1.54, 1.807) is 12.4 Å². The second-order valence-corrected chi connectivity index (χ2v) is 12.3. The van der Waals surface area contributed by atoms with Crippen molar-refractivity contribution in [3.8, 4) is 67.3 Å². The van der Waals surface area contributed by atoms with Gasteiger partial charge in [0, 0.05) is 39.9 Å². The van der Waals surface area contributed by atoms with E-state index in [0.717, 1.165) is 49.9 Å². The molecule has 9 aromatic rings. The van der Waals surface area contributed by atoms with E-state index in [0.29, 0.717) is 5.82 Å². The minimum atomic E-state index is 0.696. The van der Waals surface area contributed by atoms with Gasteiger partial charge in [0.2, 0.25) is 0 Å². The third kappa shape index (κ3) is 4.16. The van der Waals surface area contributed by atoms with Crippen molar-refractivity contribution in [3.05, 3.63) is 158 Å². The monoisotopic (exact) mass is 610 g/mol. The molecule has 0 N–H and O–H groups in total. The topological polar surface area (TPSA) is 51.6 Å². The zero-order valence-corrected chi connectivity index (χ0v) is 25.8. The summed E-state index contributed by atoms with van der Waals surface area (Å²) in [6.07, 6.45) is 3.53. The van der Waals surface area contributed by atoms with Gasteiger partial charge in [0.25, 0.3) is 0 Å². The van der Waals surface area contributed by atoms with Gasteiger partial charge < -0.3 is 0 Å². The lowest BCUT2D eigenvalue weighted by atomic mass is 9.93. The highest BCUT2D eigenvalue weighted by atomic mass is 14.9. The number of nitrogens with zero attached hydrogens (tertiary/aromatic N) is 4. The summed E-state index contributed by atoms with van der Waals surface area (Å²) >= 11 is 0.